The summed E-state index contributed by atoms with van der Waals surface area (Å²) in [6, 6.07) is 7.45. The van der Waals surface area contributed by atoms with Crippen LogP contribution in [-0.4, -0.2) is 35.0 Å². The summed E-state index contributed by atoms with van der Waals surface area (Å²) in [5.41, 5.74) is 0.835. The molecule has 0 aliphatic heterocycles. The van der Waals surface area contributed by atoms with E-state index in [2.05, 4.69) is 17.6 Å². The van der Waals surface area contributed by atoms with Crippen LogP contribution in [0.2, 0.25) is 0 Å². The summed E-state index contributed by atoms with van der Waals surface area (Å²) < 4.78 is 0. The lowest BCUT2D eigenvalue weighted by Crippen LogP contribution is -2.54. The first kappa shape index (κ1) is 32.7. The van der Waals surface area contributed by atoms with Gasteiger partial charge in [0.1, 0.15) is 12.1 Å². The third-order valence-corrected chi connectivity index (χ3v) is 7.22. The molecule has 0 radical (unpaired) electrons. The van der Waals surface area contributed by atoms with Gasteiger partial charge in [0, 0.05) is 12.8 Å². The highest BCUT2D eigenvalue weighted by molar-refractivity contribution is 5.90. The monoisotopic (exact) mass is 516 g/mol. The normalized spacial score (nSPS) is 13.5. The largest absolute Gasteiger partial charge is 0.480 e. The SMILES string of the molecule is CCCCCCCCCCCCCCCC(=O)NC(C(=O)NC(Cc1ccccc1)C(=O)O)C(C)CC. The molecule has 0 saturated carbocycles. The number of benzene rings is 1. The van der Waals surface area contributed by atoms with Crippen molar-refractivity contribution in [3.05, 3.63) is 35.9 Å². The molecule has 1 rings (SSSR count). The molecular formula is C31H52N2O4. The summed E-state index contributed by atoms with van der Waals surface area (Å²) in [6.45, 7) is 6.12. The number of nitrogens with one attached hydrogen (secondary N) is 2. The van der Waals surface area contributed by atoms with Crippen LogP contribution in [-0.2, 0) is 20.8 Å². The lowest BCUT2D eigenvalue weighted by Gasteiger charge is -2.25. The van der Waals surface area contributed by atoms with Gasteiger partial charge in [-0.3, -0.25) is 9.59 Å². The highest BCUT2D eigenvalue weighted by Gasteiger charge is 2.29. The Hall–Kier alpha value is -2.37. The highest BCUT2D eigenvalue weighted by atomic mass is 16.4. The van der Waals surface area contributed by atoms with E-state index in [1.165, 1.54) is 64.2 Å². The van der Waals surface area contributed by atoms with Crippen LogP contribution in [0.4, 0.5) is 0 Å². The van der Waals surface area contributed by atoms with E-state index < -0.39 is 24.0 Å². The number of carboxylic acids is 1. The number of aliphatic carboxylic acids is 1. The molecule has 210 valence electrons. The molecule has 0 aliphatic rings. The Kier molecular flexibility index (Phi) is 18.2. The minimum absolute atomic E-state index is 0.0956. The van der Waals surface area contributed by atoms with Crippen molar-refractivity contribution in [1.29, 1.82) is 0 Å². The number of carboxylic acid groups (broad SMARTS) is 1. The van der Waals surface area contributed by atoms with Gasteiger partial charge in [0.05, 0.1) is 0 Å². The number of carbonyl (C=O) groups excluding carboxylic acids is 2. The molecule has 0 spiro atoms. The Morgan fingerprint density at radius 2 is 1.27 bits per heavy atom. The van der Waals surface area contributed by atoms with Crippen molar-refractivity contribution in [2.45, 2.75) is 136 Å². The smallest absolute Gasteiger partial charge is 0.326 e. The van der Waals surface area contributed by atoms with Gasteiger partial charge in [-0.2, -0.15) is 0 Å². The van der Waals surface area contributed by atoms with Crippen molar-refractivity contribution in [2.24, 2.45) is 5.92 Å². The zero-order valence-electron chi connectivity index (χ0n) is 23.6. The molecule has 0 aliphatic carbocycles. The van der Waals surface area contributed by atoms with E-state index >= 15 is 0 Å². The standard InChI is InChI=1S/C31H52N2O4/c1-4-6-7-8-9-10-11-12-13-14-15-16-20-23-28(34)33-29(25(3)5-2)30(35)32-27(31(36)37)24-26-21-18-17-19-22-26/h17-19,21-22,25,27,29H,4-16,20,23-24H2,1-3H3,(H,32,35)(H,33,34)(H,36,37). The Morgan fingerprint density at radius 3 is 1.76 bits per heavy atom. The summed E-state index contributed by atoms with van der Waals surface area (Å²) in [5, 5.41) is 15.2. The van der Waals surface area contributed by atoms with Crippen molar-refractivity contribution in [3.63, 3.8) is 0 Å². The van der Waals surface area contributed by atoms with Crippen molar-refractivity contribution in [2.75, 3.05) is 0 Å². The van der Waals surface area contributed by atoms with E-state index in [0.717, 1.165) is 24.8 Å². The van der Waals surface area contributed by atoms with Crippen LogP contribution < -0.4 is 10.6 Å². The minimum Gasteiger partial charge on any atom is -0.480 e. The Labute approximate surface area is 225 Å². The lowest BCUT2D eigenvalue weighted by molar-refractivity contribution is -0.142. The van der Waals surface area contributed by atoms with Crippen molar-refractivity contribution in [3.8, 4) is 0 Å². The maximum absolute atomic E-state index is 13.0. The van der Waals surface area contributed by atoms with Crippen LogP contribution in [0.25, 0.3) is 0 Å². The van der Waals surface area contributed by atoms with Gasteiger partial charge in [-0.15, -0.1) is 0 Å². The first-order chi connectivity index (χ1) is 17.9. The van der Waals surface area contributed by atoms with Gasteiger partial charge in [-0.1, -0.05) is 135 Å². The molecule has 3 N–H and O–H groups in total. The average molecular weight is 517 g/mol. The number of rotatable bonds is 22. The molecular weight excluding hydrogens is 464 g/mol. The molecule has 1 aromatic rings. The molecule has 3 unspecified atom stereocenters. The first-order valence-corrected chi connectivity index (χ1v) is 14.7. The quantitative estimate of drug-likeness (QED) is 0.148. The zero-order valence-corrected chi connectivity index (χ0v) is 23.6. The van der Waals surface area contributed by atoms with E-state index in [1.807, 2.05) is 44.2 Å². The second-order valence-electron chi connectivity index (χ2n) is 10.5. The zero-order chi connectivity index (χ0) is 27.3. The molecule has 2 amide bonds. The van der Waals surface area contributed by atoms with E-state index in [4.69, 9.17) is 0 Å². The van der Waals surface area contributed by atoms with Gasteiger partial charge in [-0.25, -0.2) is 4.79 Å². The van der Waals surface area contributed by atoms with Gasteiger partial charge in [0.15, 0.2) is 0 Å². The number of amides is 2. The Morgan fingerprint density at radius 1 is 0.757 bits per heavy atom. The molecule has 37 heavy (non-hydrogen) atoms. The number of hydrogen-bond donors (Lipinski definition) is 3. The van der Waals surface area contributed by atoms with Crippen molar-refractivity contribution < 1.29 is 19.5 Å². The van der Waals surface area contributed by atoms with Crippen LogP contribution in [0, 0.1) is 5.92 Å². The maximum Gasteiger partial charge on any atom is 0.326 e. The fraction of sp³-hybridized carbons (Fsp3) is 0.710. The Balaban J connectivity index is 2.32. The highest BCUT2D eigenvalue weighted by Crippen LogP contribution is 2.14. The molecule has 0 fully saturated rings. The van der Waals surface area contributed by atoms with Gasteiger partial charge in [0.25, 0.3) is 0 Å². The van der Waals surface area contributed by atoms with E-state index in [9.17, 15) is 19.5 Å². The van der Waals surface area contributed by atoms with Crippen LogP contribution in [0.15, 0.2) is 30.3 Å². The molecule has 0 saturated heterocycles. The van der Waals surface area contributed by atoms with Crippen molar-refractivity contribution in [1.82, 2.24) is 10.6 Å². The topological polar surface area (TPSA) is 95.5 Å². The van der Waals surface area contributed by atoms with Gasteiger partial charge < -0.3 is 15.7 Å². The molecule has 0 heterocycles. The first-order valence-electron chi connectivity index (χ1n) is 14.7. The van der Waals surface area contributed by atoms with E-state index in [-0.39, 0.29) is 18.2 Å². The molecule has 0 aromatic heterocycles. The number of carbonyl (C=O) groups is 3. The van der Waals surface area contributed by atoms with Crippen molar-refractivity contribution >= 4 is 17.8 Å². The predicted molar refractivity (Wildman–Crippen MR) is 151 cm³/mol. The second-order valence-corrected chi connectivity index (χ2v) is 10.5. The molecule has 1 aromatic carbocycles. The van der Waals surface area contributed by atoms with E-state index in [1.54, 1.807) is 0 Å². The molecule has 6 heteroatoms. The predicted octanol–water partition coefficient (Wildman–Crippen LogP) is 6.81. The number of unbranched alkanes of at least 4 members (excludes halogenated alkanes) is 12. The van der Waals surface area contributed by atoms with Crippen LogP contribution in [0.3, 0.4) is 0 Å². The fourth-order valence-corrected chi connectivity index (χ4v) is 4.56. The molecule has 0 bridgehead atoms. The summed E-state index contributed by atoms with van der Waals surface area (Å²) in [6.07, 6.45) is 17.5. The lowest BCUT2D eigenvalue weighted by atomic mass is 9.97. The number of hydrogen-bond acceptors (Lipinski definition) is 3. The second kappa shape index (κ2) is 20.7. The summed E-state index contributed by atoms with van der Waals surface area (Å²) in [4.78, 5) is 37.3. The van der Waals surface area contributed by atoms with Crippen LogP contribution >= 0.6 is 0 Å². The summed E-state index contributed by atoms with van der Waals surface area (Å²) >= 11 is 0. The third-order valence-electron chi connectivity index (χ3n) is 7.22. The van der Waals surface area contributed by atoms with Gasteiger partial charge in [0.2, 0.25) is 11.8 Å². The van der Waals surface area contributed by atoms with Crippen LogP contribution in [0.1, 0.15) is 123 Å². The van der Waals surface area contributed by atoms with Gasteiger partial charge >= 0.3 is 5.97 Å². The third kappa shape index (κ3) is 15.5. The van der Waals surface area contributed by atoms with E-state index in [0.29, 0.717) is 12.8 Å². The summed E-state index contributed by atoms with van der Waals surface area (Å²) in [5.74, 6) is -1.75. The minimum atomic E-state index is -1.08. The average Bonchev–Trinajstić information content (AvgIpc) is 2.89. The molecule has 6 nitrogen and oxygen atoms in total. The fourth-order valence-electron chi connectivity index (χ4n) is 4.56. The van der Waals surface area contributed by atoms with Crippen LogP contribution in [0.5, 0.6) is 0 Å². The van der Waals surface area contributed by atoms with Gasteiger partial charge in [-0.05, 0) is 17.9 Å². The molecule has 3 atom stereocenters. The Bertz CT molecular complexity index is 753. The maximum atomic E-state index is 13.0. The summed E-state index contributed by atoms with van der Waals surface area (Å²) in [7, 11) is 0.